The van der Waals surface area contributed by atoms with Crippen molar-refractivity contribution in [2.24, 2.45) is 0 Å². The predicted octanol–water partition coefficient (Wildman–Crippen LogP) is 3.08. The van der Waals surface area contributed by atoms with Crippen molar-refractivity contribution in [1.82, 2.24) is 4.98 Å². The Morgan fingerprint density at radius 3 is 2.64 bits per heavy atom. The highest BCUT2D eigenvalue weighted by Crippen LogP contribution is 2.29. The molecular weight excluding hydrogens is 300 g/mol. The third-order valence-corrected chi connectivity index (χ3v) is 4.81. The van der Waals surface area contributed by atoms with E-state index in [1.165, 1.54) is 0 Å². The van der Waals surface area contributed by atoms with Crippen molar-refractivity contribution < 1.29 is 4.92 Å². The first-order chi connectivity index (χ1) is 10.6. The zero-order valence-corrected chi connectivity index (χ0v) is 13.3. The van der Waals surface area contributed by atoms with Gasteiger partial charge in [-0.15, -0.1) is 11.3 Å². The number of anilines is 2. The van der Waals surface area contributed by atoms with Gasteiger partial charge in [0, 0.05) is 37.6 Å². The summed E-state index contributed by atoms with van der Waals surface area (Å²) in [4.78, 5) is 19.8. The van der Waals surface area contributed by atoms with Gasteiger partial charge in [-0.2, -0.15) is 0 Å². The first-order valence-electron chi connectivity index (χ1n) is 7.30. The second-order valence-corrected chi connectivity index (χ2v) is 6.18. The van der Waals surface area contributed by atoms with Crippen LogP contribution in [0.5, 0.6) is 0 Å². The second-order valence-electron chi connectivity index (χ2n) is 5.34. The topological polar surface area (TPSA) is 62.5 Å². The van der Waals surface area contributed by atoms with Gasteiger partial charge in [-0.3, -0.25) is 10.1 Å². The minimum Gasteiger partial charge on any atom is -0.364 e. The molecule has 116 valence electrons. The number of aromatic nitrogens is 1. The predicted molar refractivity (Wildman–Crippen MR) is 89.0 cm³/mol. The van der Waals surface area contributed by atoms with Crippen LogP contribution < -0.4 is 9.80 Å². The molecule has 0 atom stereocenters. The molecule has 1 aromatic heterocycles. The van der Waals surface area contributed by atoms with E-state index in [1.54, 1.807) is 23.5 Å². The molecule has 22 heavy (non-hydrogen) atoms. The summed E-state index contributed by atoms with van der Waals surface area (Å²) in [5, 5.41) is 14.3. The molecule has 0 spiro atoms. The lowest BCUT2D eigenvalue weighted by Crippen LogP contribution is -2.31. The van der Waals surface area contributed by atoms with Gasteiger partial charge in [-0.05, 0) is 19.4 Å². The highest BCUT2D eigenvalue weighted by Gasteiger charge is 2.22. The number of rotatable bonds is 3. The maximum absolute atomic E-state index is 11.2. The largest absolute Gasteiger partial charge is 0.364 e. The lowest BCUT2D eigenvalue weighted by atomic mass is 10.2. The van der Waals surface area contributed by atoms with Gasteiger partial charge in [0.1, 0.15) is 5.69 Å². The van der Waals surface area contributed by atoms with Gasteiger partial charge in [0.2, 0.25) is 0 Å². The number of hydrogen-bond acceptors (Lipinski definition) is 6. The summed E-state index contributed by atoms with van der Waals surface area (Å²) >= 11 is 1.66. The Balaban J connectivity index is 1.77. The molecule has 0 bridgehead atoms. The molecule has 1 aliphatic heterocycles. The van der Waals surface area contributed by atoms with E-state index in [0.717, 1.165) is 43.4 Å². The Hall–Kier alpha value is -2.15. The summed E-state index contributed by atoms with van der Waals surface area (Å²) in [5.41, 5.74) is 1.94. The van der Waals surface area contributed by atoms with Gasteiger partial charge in [-0.1, -0.05) is 12.1 Å². The molecule has 1 saturated heterocycles. The van der Waals surface area contributed by atoms with E-state index < -0.39 is 0 Å². The average Bonchev–Trinajstić information content (AvgIpc) is 2.81. The fraction of sp³-hybridized carbons (Fsp3) is 0.400. The van der Waals surface area contributed by atoms with Crippen LogP contribution in [0, 0.1) is 17.0 Å². The Bertz CT molecular complexity index is 673. The lowest BCUT2D eigenvalue weighted by molar-refractivity contribution is -0.384. The summed E-state index contributed by atoms with van der Waals surface area (Å²) in [6.07, 6.45) is 0.963. The van der Waals surface area contributed by atoms with Crippen LogP contribution in [0.3, 0.4) is 0 Å². The molecule has 0 saturated carbocycles. The van der Waals surface area contributed by atoms with Crippen LogP contribution in [0.15, 0.2) is 29.6 Å². The summed E-state index contributed by atoms with van der Waals surface area (Å²) < 4.78 is 0. The van der Waals surface area contributed by atoms with E-state index in [4.69, 9.17) is 0 Å². The standard InChI is InChI=1S/C15H18N4O2S/c1-12-11-22-15(16-12)18-8-4-7-17(9-10-18)13-5-2-3-6-14(13)19(20)21/h2-3,5-6,11H,4,7-10H2,1H3. The molecule has 2 aromatic rings. The van der Waals surface area contributed by atoms with Crippen molar-refractivity contribution in [3.63, 3.8) is 0 Å². The number of para-hydroxylation sites is 2. The van der Waals surface area contributed by atoms with Crippen molar-refractivity contribution in [3.8, 4) is 0 Å². The molecule has 7 heteroatoms. The fourth-order valence-corrected chi connectivity index (χ4v) is 3.58. The molecule has 1 aromatic carbocycles. The number of nitro groups is 1. The molecule has 2 heterocycles. The Kier molecular flexibility index (Phi) is 4.24. The van der Waals surface area contributed by atoms with Crippen LogP contribution in [0.4, 0.5) is 16.5 Å². The van der Waals surface area contributed by atoms with Crippen molar-refractivity contribution in [2.75, 3.05) is 36.0 Å². The maximum atomic E-state index is 11.2. The van der Waals surface area contributed by atoms with Gasteiger partial charge in [0.25, 0.3) is 5.69 Å². The van der Waals surface area contributed by atoms with E-state index in [0.29, 0.717) is 5.69 Å². The lowest BCUT2D eigenvalue weighted by Gasteiger charge is -2.23. The van der Waals surface area contributed by atoms with Gasteiger partial charge in [-0.25, -0.2) is 4.98 Å². The fourth-order valence-electron chi connectivity index (χ4n) is 2.72. The SMILES string of the molecule is Cc1csc(N2CCCN(c3ccccc3[N+](=O)[O-])CC2)n1. The molecule has 0 amide bonds. The number of nitrogens with zero attached hydrogens (tertiary/aromatic N) is 4. The summed E-state index contributed by atoms with van der Waals surface area (Å²) in [6.45, 7) is 5.36. The average molecular weight is 318 g/mol. The first kappa shape index (κ1) is 14.8. The highest BCUT2D eigenvalue weighted by atomic mass is 32.1. The number of nitro benzene ring substituents is 1. The molecule has 0 aliphatic carbocycles. The van der Waals surface area contributed by atoms with Crippen molar-refractivity contribution in [2.45, 2.75) is 13.3 Å². The minimum atomic E-state index is -0.303. The Morgan fingerprint density at radius 2 is 1.91 bits per heavy atom. The first-order valence-corrected chi connectivity index (χ1v) is 8.18. The van der Waals surface area contributed by atoms with Gasteiger partial charge < -0.3 is 9.80 Å². The quantitative estimate of drug-likeness (QED) is 0.643. The van der Waals surface area contributed by atoms with Crippen LogP contribution in [-0.4, -0.2) is 36.1 Å². The molecule has 0 N–H and O–H groups in total. The molecule has 0 unspecified atom stereocenters. The number of aryl methyl sites for hydroxylation is 1. The number of hydrogen-bond donors (Lipinski definition) is 0. The molecule has 6 nitrogen and oxygen atoms in total. The van der Waals surface area contributed by atoms with Gasteiger partial charge in [0.15, 0.2) is 5.13 Å². The zero-order valence-electron chi connectivity index (χ0n) is 12.4. The second kappa shape index (κ2) is 6.31. The van der Waals surface area contributed by atoms with Crippen LogP contribution in [0.1, 0.15) is 12.1 Å². The number of benzene rings is 1. The number of thiazole rings is 1. The van der Waals surface area contributed by atoms with Gasteiger partial charge in [0.05, 0.1) is 10.6 Å². The van der Waals surface area contributed by atoms with Crippen LogP contribution in [0.25, 0.3) is 0 Å². The summed E-state index contributed by atoms with van der Waals surface area (Å²) in [6, 6.07) is 6.97. The van der Waals surface area contributed by atoms with Crippen molar-refractivity contribution in [3.05, 3.63) is 45.5 Å². The van der Waals surface area contributed by atoms with E-state index in [-0.39, 0.29) is 10.6 Å². The van der Waals surface area contributed by atoms with E-state index in [1.807, 2.05) is 19.1 Å². The monoisotopic (exact) mass is 318 g/mol. The third-order valence-electron chi connectivity index (χ3n) is 3.79. The third kappa shape index (κ3) is 3.04. The smallest absolute Gasteiger partial charge is 0.292 e. The normalized spacial score (nSPS) is 15.7. The molecule has 3 rings (SSSR count). The van der Waals surface area contributed by atoms with E-state index in [2.05, 4.69) is 20.2 Å². The molecular formula is C15H18N4O2S. The van der Waals surface area contributed by atoms with Crippen LogP contribution >= 0.6 is 11.3 Å². The van der Waals surface area contributed by atoms with Crippen LogP contribution in [0.2, 0.25) is 0 Å². The highest BCUT2D eigenvalue weighted by molar-refractivity contribution is 7.13. The zero-order chi connectivity index (χ0) is 15.5. The Morgan fingerprint density at radius 1 is 1.18 bits per heavy atom. The molecule has 1 fully saturated rings. The molecule has 1 aliphatic rings. The minimum absolute atomic E-state index is 0.182. The van der Waals surface area contributed by atoms with Gasteiger partial charge >= 0.3 is 0 Å². The van der Waals surface area contributed by atoms with Crippen LogP contribution in [-0.2, 0) is 0 Å². The molecule has 0 radical (unpaired) electrons. The maximum Gasteiger partial charge on any atom is 0.292 e. The summed E-state index contributed by atoms with van der Waals surface area (Å²) in [7, 11) is 0. The van der Waals surface area contributed by atoms with Crippen molar-refractivity contribution >= 4 is 27.8 Å². The Labute approximate surface area is 133 Å². The van der Waals surface area contributed by atoms with E-state index in [9.17, 15) is 10.1 Å². The van der Waals surface area contributed by atoms with Crippen molar-refractivity contribution in [1.29, 1.82) is 0 Å². The summed E-state index contributed by atoms with van der Waals surface area (Å²) in [5.74, 6) is 0. The van der Waals surface area contributed by atoms with E-state index >= 15 is 0 Å².